The van der Waals surface area contributed by atoms with Crippen molar-refractivity contribution in [3.8, 4) is 10.6 Å². The van der Waals surface area contributed by atoms with Gasteiger partial charge in [-0.15, -0.1) is 11.3 Å². The average molecular weight is 371 g/mol. The first-order valence-electron chi connectivity index (χ1n) is 7.76. The van der Waals surface area contributed by atoms with Gasteiger partial charge in [-0.25, -0.2) is 9.97 Å². The number of fused-ring (bicyclic) bond motifs is 1. The summed E-state index contributed by atoms with van der Waals surface area (Å²) in [6.07, 6.45) is 1.15. The molecule has 126 valence electrons. The van der Waals surface area contributed by atoms with Gasteiger partial charge in [0.1, 0.15) is 5.01 Å². The summed E-state index contributed by atoms with van der Waals surface area (Å²) in [5, 5.41) is 17.0. The van der Waals surface area contributed by atoms with Crippen LogP contribution in [-0.4, -0.2) is 26.6 Å². The van der Waals surface area contributed by atoms with Gasteiger partial charge in [-0.05, 0) is 35.9 Å². The van der Waals surface area contributed by atoms with E-state index in [0.29, 0.717) is 17.5 Å². The maximum absolute atomic E-state index is 10.3. The number of aromatic nitrogens is 3. The Morgan fingerprint density at radius 2 is 2.04 bits per heavy atom. The minimum absolute atomic E-state index is 0.348. The van der Waals surface area contributed by atoms with Gasteiger partial charge in [0.15, 0.2) is 0 Å². The maximum Gasteiger partial charge on any atom is 0.201 e. The molecule has 0 bridgehead atoms. The minimum Gasteiger partial charge on any atom is -0.387 e. The molecule has 0 saturated heterocycles. The topological polar surface area (TPSA) is 73.8 Å². The monoisotopic (exact) mass is 370 g/mol. The minimum atomic E-state index is -0.642. The lowest BCUT2D eigenvalue weighted by molar-refractivity contribution is 0.191. The summed E-state index contributed by atoms with van der Waals surface area (Å²) in [4.78, 5) is 12.1. The molecule has 4 rings (SSSR count). The Morgan fingerprint density at radius 1 is 1.20 bits per heavy atom. The number of nitrogens with zero attached hydrogens (tertiary/aromatic N) is 2. The highest BCUT2D eigenvalue weighted by Crippen LogP contribution is 2.26. The van der Waals surface area contributed by atoms with Gasteiger partial charge in [-0.1, -0.05) is 23.7 Å². The van der Waals surface area contributed by atoms with Crippen molar-refractivity contribution in [2.75, 3.05) is 11.9 Å². The molecule has 7 heteroatoms. The summed E-state index contributed by atoms with van der Waals surface area (Å²) < 4.78 is 0. The van der Waals surface area contributed by atoms with Crippen LogP contribution in [0.15, 0.2) is 54.0 Å². The van der Waals surface area contributed by atoms with E-state index >= 15 is 0 Å². The van der Waals surface area contributed by atoms with E-state index in [1.165, 1.54) is 0 Å². The van der Waals surface area contributed by atoms with Crippen molar-refractivity contribution in [2.45, 2.75) is 6.10 Å². The van der Waals surface area contributed by atoms with Crippen molar-refractivity contribution < 1.29 is 5.11 Å². The molecule has 0 amide bonds. The Kier molecular flexibility index (Phi) is 4.40. The number of nitrogens with one attached hydrogen (secondary N) is 2. The van der Waals surface area contributed by atoms with Crippen molar-refractivity contribution in [3.05, 3.63) is 64.6 Å². The largest absolute Gasteiger partial charge is 0.387 e. The van der Waals surface area contributed by atoms with E-state index in [-0.39, 0.29) is 0 Å². The Labute approximate surface area is 153 Å². The zero-order valence-electron chi connectivity index (χ0n) is 13.1. The molecule has 0 saturated carbocycles. The van der Waals surface area contributed by atoms with E-state index < -0.39 is 6.10 Å². The van der Waals surface area contributed by atoms with Crippen LogP contribution in [-0.2, 0) is 0 Å². The molecule has 0 aliphatic carbocycles. The summed E-state index contributed by atoms with van der Waals surface area (Å²) in [5.41, 5.74) is 3.65. The number of rotatable bonds is 5. The van der Waals surface area contributed by atoms with E-state index in [4.69, 9.17) is 11.6 Å². The molecule has 0 aliphatic heterocycles. The number of aliphatic hydroxyl groups excluding tert-OH is 1. The molecule has 2 aromatic heterocycles. The van der Waals surface area contributed by atoms with E-state index in [2.05, 4.69) is 20.3 Å². The zero-order chi connectivity index (χ0) is 17.2. The predicted molar refractivity (Wildman–Crippen MR) is 102 cm³/mol. The molecule has 3 N–H and O–H groups in total. The highest BCUT2D eigenvalue weighted by Gasteiger charge is 2.10. The van der Waals surface area contributed by atoms with Crippen LogP contribution in [0, 0.1) is 0 Å². The van der Waals surface area contributed by atoms with Crippen LogP contribution in [0.5, 0.6) is 0 Å². The molecule has 2 heterocycles. The van der Waals surface area contributed by atoms with Crippen LogP contribution in [0.2, 0.25) is 5.02 Å². The number of thiazole rings is 1. The normalized spacial score (nSPS) is 12.4. The van der Waals surface area contributed by atoms with Crippen molar-refractivity contribution in [3.63, 3.8) is 0 Å². The maximum atomic E-state index is 10.3. The van der Waals surface area contributed by atoms with E-state index in [1.54, 1.807) is 29.7 Å². The van der Waals surface area contributed by atoms with Crippen molar-refractivity contribution in [1.29, 1.82) is 0 Å². The average Bonchev–Trinajstić information content (AvgIpc) is 3.29. The summed E-state index contributed by atoms with van der Waals surface area (Å²) in [5.74, 6) is 0.624. The van der Waals surface area contributed by atoms with Crippen LogP contribution >= 0.6 is 22.9 Å². The van der Waals surface area contributed by atoms with Gasteiger partial charge in [0.05, 0.1) is 17.1 Å². The van der Waals surface area contributed by atoms with Gasteiger partial charge in [0, 0.05) is 28.7 Å². The van der Waals surface area contributed by atoms with Gasteiger partial charge in [-0.3, -0.25) is 0 Å². The van der Waals surface area contributed by atoms with Crippen LogP contribution in [0.1, 0.15) is 11.7 Å². The SMILES string of the molecule is OC(CNc1nc2ccc(-c3nccs3)cc2[nH]1)c1ccc(Cl)cc1. The summed E-state index contributed by atoms with van der Waals surface area (Å²) in [7, 11) is 0. The third kappa shape index (κ3) is 3.51. The van der Waals surface area contributed by atoms with Gasteiger partial charge < -0.3 is 15.4 Å². The van der Waals surface area contributed by atoms with E-state index in [0.717, 1.165) is 27.2 Å². The molecule has 5 nitrogen and oxygen atoms in total. The standard InChI is InChI=1S/C18H15ClN4OS/c19-13-4-1-11(2-5-13)16(24)10-21-18-22-14-6-3-12(9-15(14)23-18)17-20-7-8-25-17/h1-9,16,24H,10H2,(H2,21,22,23). The third-order valence-electron chi connectivity index (χ3n) is 3.88. The lowest BCUT2D eigenvalue weighted by Gasteiger charge is -2.11. The first kappa shape index (κ1) is 16.1. The van der Waals surface area contributed by atoms with E-state index in [9.17, 15) is 5.11 Å². The lowest BCUT2D eigenvalue weighted by Crippen LogP contribution is -2.12. The predicted octanol–water partition coefficient (Wildman–Crippen LogP) is 4.49. The Bertz CT molecular complexity index is 982. The van der Waals surface area contributed by atoms with Crippen LogP contribution in [0.25, 0.3) is 21.6 Å². The Balaban J connectivity index is 1.49. The molecule has 0 spiro atoms. The van der Waals surface area contributed by atoms with Crippen molar-refractivity contribution >= 4 is 39.9 Å². The van der Waals surface area contributed by atoms with Crippen molar-refractivity contribution in [1.82, 2.24) is 15.0 Å². The number of aromatic amines is 1. The molecule has 4 aromatic rings. The number of H-pyrrole nitrogens is 1. The van der Waals surface area contributed by atoms with Gasteiger partial charge in [0.25, 0.3) is 0 Å². The summed E-state index contributed by atoms with van der Waals surface area (Å²) in [6, 6.07) is 13.2. The molecule has 25 heavy (non-hydrogen) atoms. The number of halogens is 1. The van der Waals surface area contributed by atoms with Crippen molar-refractivity contribution in [2.24, 2.45) is 0 Å². The van der Waals surface area contributed by atoms with Gasteiger partial charge in [0.2, 0.25) is 5.95 Å². The first-order valence-corrected chi connectivity index (χ1v) is 9.02. The Hall–Kier alpha value is -2.41. The molecule has 0 aliphatic rings. The molecule has 0 radical (unpaired) electrons. The number of hydrogen-bond acceptors (Lipinski definition) is 5. The molecular weight excluding hydrogens is 356 g/mol. The highest BCUT2D eigenvalue weighted by molar-refractivity contribution is 7.13. The molecule has 1 unspecified atom stereocenters. The molecule has 0 fully saturated rings. The summed E-state index contributed by atoms with van der Waals surface area (Å²) in [6.45, 7) is 0.348. The first-order chi connectivity index (χ1) is 12.2. The van der Waals surface area contributed by atoms with Gasteiger partial charge >= 0.3 is 0 Å². The Morgan fingerprint density at radius 3 is 2.80 bits per heavy atom. The quantitative estimate of drug-likeness (QED) is 0.484. The van der Waals surface area contributed by atoms with Gasteiger partial charge in [-0.2, -0.15) is 0 Å². The smallest absolute Gasteiger partial charge is 0.201 e. The number of imidazole rings is 1. The second-order valence-corrected chi connectivity index (χ2v) is 6.93. The fourth-order valence-corrected chi connectivity index (χ4v) is 3.35. The number of hydrogen-bond donors (Lipinski definition) is 3. The van der Waals surface area contributed by atoms with Crippen LogP contribution in [0.3, 0.4) is 0 Å². The third-order valence-corrected chi connectivity index (χ3v) is 4.95. The number of aliphatic hydroxyl groups is 1. The van der Waals surface area contributed by atoms with Crippen LogP contribution in [0.4, 0.5) is 5.95 Å². The highest BCUT2D eigenvalue weighted by atomic mass is 35.5. The number of benzene rings is 2. The molecular formula is C18H15ClN4OS. The fraction of sp³-hybridized carbons (Fsp3) is 0.111. The number of anilines is 1. The molecule has 1 atom stereocenters. The second-order valence-electron chi connectivity index (χ2n) is 5.60. The summed E-state index contributed by atoms with van der Waals surface area (Å²) >= 11 is 7.47. The van der Waals surface area contributed by atoms with Crippen LogP contribution < -0.4 is 5.32 Å². The molecule has 2 aromatic carbocycles. The second kappa shape index (κ2) is 6.84. The zero-order valence-corrected chi connectivity index (χ0v) is 14.7. The fourth-order valence-electron chi connectivity index (χ4n) is 2.59. The van der Waals surface area contributed by atoms with E-state index in [1.807, 2.05) is 35.7 Å². The lowest BCUT2D eigenvalue weighted by atomic mass is 10.1.